The van der Waals surface area contributed by atoms with E-state index in [9.17, 15) is 0 Å². The van der Waals surface area contributed by atoms with Crippen LogP contribution in [0, 0.1) is 0 Å². The number of rotatable bonds is 2. The topological polar surface area (TPSA) is 27.7 Å². The van der Waals surface area contributed by atoms with Crippen molar-refractivity contribution in [2.24, 2.45) is 0 Å². The summed E-state index contributed by atoms with van der Waals surface area (Å²) in [5.41, 5.74) is 1.35. The van der Waals surface area contributed by atoms with Crippen LogP contribution in [0.2, 0.25) is 0 Å². The fourth-order valence-electron chi connectivity index (χ4n) is 0.451. The van der Waals surface area contributed by atoms with Crippen LogP contribution in [0.15, 0.2) is 11.3 Å². The molecule has 1 fully saturated rings. The summed E-state index contributed by atoms with van der Waals surface area (Å²) in [5, 5.41) is 0. The normalized spacial score (nSPS) is 21.6. The average Bonchev–Trinajstić information content (AvgIpc) is 2.40. The summed E-state index contributed by atoms with van der Waals surface area (Å²) in [4.78, 5) is 0. The summed E-state index contributed by atoms with van der Waals surface area (Å²) in [6, 6.07) is 0. The third-order valence-electron chi connectivity index (χ3n) is 0.849. The first kappa shape index (κ1) is 8.28. The van der Waals surface area contributed by atoms with E-state index in [0.717, 1.165) is 0 Å². The molecule has 0 spiro atoms. The zero-order chi connectivity index (χ0) is 7.40. The van der Waals surface area contributed by atoms with Crippen molar-refractivity contribution in [3.8, 4) is 0 Å². The molecule has 0 aliphatic carbocycles. The Morgan fingerprint density at radius 3 is 2.70 bits per heavy atom. The van der Waals surface area contributed by atoms with Gasteiger partial charge >= 0.3 is 8.60 Å². The van der Waals surface area contributed by atoms with E-state index in [1.165, 1.54) is 5.54 Å². The van der Waals surface area contributed by atoms with Crippen molar-refractivity contribution in [3.63, 3.8) is 0 Å². The third kappa shape index (κ3) is 2.43. The minimum absolute atomic E-state index is 0.612. The Kier molecular flexibility index (Phi) is 3.43. The molecule has 0 aromatic heterocycles. The third-order valence-corrected chi connectivity index (χ3v) is 2.38. The highest BCUT2D eigenvalue weighted by molar-refractivity contribution is 7.42. The molecule has 58 valence electrons. The van der Waals surface area contributed by atoms with Gasteiger partial charge in [0.2, 0.25) is 0 Å². The Morgan fingerprint density at radius 1 is 1.60 bits per heavy atom. The Hall–Kier alpha value is 0.180. The van der Waals surface area contributed by atoms with Gasteiger partial charge in [-0.2, -0.15) is 0 Å². The van der Waals surface area contributed by atoms with Gasteiger partial charge in [-0.15, -0.1) is 0 Å². The highest BCUT2D eigenvalue weighted by Crippen LogP contribution is 2.45. The molecule has 0 amide bonds. The van der Waals surface area contributed by atoms with Crippen LogP contribution < -0.4 is 0 Å². The van der Waals surface area contributed by atoms with Crippen molar-refractivity contribution >= 4 is 20.2 Å². The maximum absolute atomic E-state index is 5.34. The molecule has 0 atom stereocenters. The molecule has 1 aliphatic heterocycles. The molecule has 1 saturated heterocycles. The van der Waals surface area contributed by atoms with Crippen molar-refractivity contribution in [2.75, 3.05) is 13.2 Å². The lowest BCUT2D eigenvalue weighted by Gasteiger charge is -2.07. The minimum atomic E-state index is -1.14. The van der Waals surface area contributed by atoms with E-state index in [1.807, 2.05) is 0 Å². The Balaban J connectivity index is 2.24. The maximum atomic E-state index is 5.34. The van der Waals surface area contributed by atoms with E-state index in [-0.39, 0.29) is 0 Å². The van der Waals surface area contributed by atoms with Crippen molar-refractivity contribution in [1.82, 2.24) is 0 Å². The molecule has 0 saturated carbocycles. The van der Waals surface area contributed by atoms with Gasteiger partial charge in [-0.1, -0.05) is 11.6 Å². The maximum Gasteiger partial charge on any atom is 0.397 e. The van der Waals surface area contributed by atoms with E-state index < -0.39 is 8.60 Å². The molecule has 0 unspecified atom stereocenters. The van der Waals surface area contributed by atoms with Crippen LogP contribution >= 0.6 is 20.2 Å². The van der Waals surface area contributed by atoms with Crippen molar-refractivity contribution in [3.05, 3.63) is 11.3 Å². The molecule has 0 aromatic rings. The summed E-state index contributed by atoms with van der Waals surface area (Å²) in [7, 11) is -1.14. The van der Waals surface area contributed by atoms with Gasteiger partial charge in [0.15, 0.2) is 0 Å². The monoisotopic (exact) mass is 182 g/mol. The molecule has 1 heterocycles. The fourth-order valence-corrected chi connectivity index (χ4v) is 1.47. The van der Waals surface area contributed by atoms with E-state index in [2.05, 4.69) is 0 Å². The predicted molar refractivity (Wildman–Crippen MR) is 39.5 cm³/mol. The van der Waals surface area contributed by atoms with Gasteiger partial charge in [-0.25, -0.2) is 0 Å². The van der Waals surface area contributed by atoms with Crippen LogP contribution in [-0.2, 0) is 13.6 Å². The van der Waals surface area contributed by atoms with Gasteiger partial charge in [0.05, 0.1) is 13.2 Å². The molecule has 5 heteroatoms. The summed E-state index contributed by atoms with van der Waals surface area (Å²) >= 11 is 5.34. The second-order valence-electron chi connectivity index (χ2n) is 1.70. The Labute approximate surface area is 65.9 Å². The van der Waals surface area contributed by atoms with Crippen LogP contribution in [0.1, 0.15) is 6.92 Å². The van der Waals surface area contributed by atoms with Crippen LogP contribution in [0.5, 0.6) is 0 Å². The van der Waals surface area contributed by atoms with E-state index in [4.69, 9.17) is 25.2 Å². The fraction of sp³-hybridized carbons (Fsp3) is 0.600. The smallest absolute Gasteiger partial charge is 0.397 e. The summed E-state index contributed by atoms with van der Waals surface area (Å²) in [6.45, 7) is 2.98. The van der Waals surface area contributed by atoms with Crippen LogP contribution in [0.4, 0.5) is 0 Å². The average molecular weight is 183 g/mol. The quantitative estimate of drug-likeness (QED) is 0.485. The lowest BCUT2D eigenvalue weighted by molar-refractivity contribution is 0.306. The molecule has 0 radical (unpaired) electrons. The minimum Gasteiger partial charge on any atom is -0.431 e. The molecule has 0 bridgehead atoms. The molecule has 0 N–H and O–H groups in total. The predicted octanol–water partition coefficient (Wildman–Crippen LogP) is 2.38. The molecule has 10 heavy (non-hydrogen) atoms. The number of allylic oxidation sites excluding steroid dienone is 1. The Morgan fingerprint density at radius 2 is 2.20 bits per heavy atom. The molecule has 1 aliphatic rings. The van der Waals surface area contributed by atoms with Crippen LogP contribution in [-0.4, -0.2) is 13.2 Å². The highest BCUT2D eigenvalue weighted by atomic mass is 35.5. The van der Waals surface area contributed by atoms with E-state index in [0.29, 0.717) is 19.0 Å². The molecular weight excluding hydrogens is 174 g/mol. The van der Waals surface area contributed by atoms with Gasteiger partial charge < -0.3 is 13.6 Å². The SMILES string of the molecule is C/C(=C\Cl)OP1OCCO1. The highest BCUT2D eigenvalue weighted by Gasteiger charge is 2.19. The first-order valence-corrected chi connectivity index (χ1v) is 4.37. The van der Waals surface area contributed by atoms with Gasteiger partial charge in [0.1, 0.15) is 5.76 Å². The zero-order valence-electron chi connectivity index (χ0n) is 5.54. The lowest BCUT2D eigenvalue weighted by Crippen LogP contribution is -1.80. The second kappa shape index (κ2) is 4.14. The number of halogens is 1. The summed E-state index contributed by atoms with van der Waals surface area (Å²) in [5.74, 6) is 0.620. The molecule has 0 aromatic carbocycles. The van der Waals surface area contributed by atoms with Gasteiger partial charge in [-0.05, 0) is 6.92 Å². The summed E-state index contributed by atoms with van der Waals surface area (Å²) in [6.07, 6.45) is 0. The van der Waals surface area contributed by atoms with Gasteiger partial charge in [0, 0.05) is 5.54 Å². The first-order valence-electron chi connectivity index (χ1n) is 2.84. The molecule has 3 nitrogen and oxygen atoms in total. The lowest BCUT2D eigenvalue weighted by atomic mass is 10.7. The second-order valence-corrected chi connectivity index (χ2v) is 3.07. The van der Waals surface area contributed by atoms with Crippen LogP contribution in [0.25, 0.3) is 0 Å². The molecule has 1 rings (SSSR count). The van der Waals surface area contributed by atoms with Crippen molar-refractivity contribution in [2.45, 2.75) is 6.92 Å². The standard InChI is InChI=1S/C5H8ClO3P/c1-5(4-6)9-10-7-2-3-8-10/h4H,2-3H2,1H3/b5-4+. The van der Waals surface area contributed by atoms with Gasteiger partial charge in [-0.3, -0.25) is 0 Å². The zero-order valence-corrected chi connectivity index (χ0v) is 7.19. The largest absolute Gasteiger partial charge is 0.431 e. The number of hydrogen-bond acceptors (Lipinski definition) is 3. The molecular formula is C5H8ClO3P. The summed E-state index contributed by atoms with van der Waals surface area (Å²) < 4.78 is 15.2. The van der Waals surface area contributed by atoms with E-state index >= 15 is 0 Å². The van der Waals surface area contributed by atoms with Gasteiger partial charge in [0.25, 0.3) is 0 Å². The van der Waals surface area contributed by atoms with E-state index in [1.54, 1.807) is 6.92 Å². The Bertz CT molecular complexity index is 133. The van der Waals surface area contributed by atoms with Crippen molar-refractivity contribution < 1.29 is 13.6 Å². The van der Waals surface area contributed by atoms with Crippen LogP contribution in [0.3, 0.4) is 0 Å². The van der Waals surface area contributed by atoms with Crippen molar-refractivity contribution in [1.29, 1.82) is 0 Å². The number of hydrogen-bond donors (Lipinski definition) is 0. The first-order chi connectivity index (χ1) is 4.83.